The molecule has 0 saturated heterocycles. The van der Waals surface area contributed by atoms with E-state index in [2.05, 4.69) is 0 Å². The van der Waals surface area contributed by atoms with Crippen molar-refractivity contribution in [1.29, 1.82) is 0 Å². The molecule has 0 radical (unpaired) electrons. The van der Waals surface area contributed by atoms with E-state index < -0.39 is 7.60 Å². The second kappa shape index (κ2) is 7.04. The van der Waals surface area contributed by atoms with Crippen LogP contribution in [-0.2, 0) is 4.57 Å². The monoisotopic (exact) mass is 353 g/mol. The third-order valence-corrected chi connectivity index (χ3v) is 5.60. The van der Waals surface area contributed by atoms with Crippen molar-refractivity contribution in [2.24, 2.45) is 0 Å². The van der Waals surface area contributed by atoms with Crippen molar-refractivity contribution in [1.82, 2.24) is 0 Å². The van der Waals surface area contributed by atoms with Gasteiger partial charge >= 0.3 is 7.60 Å². The van der Waals surface area contributed by atoms with E-state index in [4.69, 9.17) is 14.8 Å². The first-order chi connectivity index (χ1) is 12.0. The fourth-order valence-electron chi connectivity index (χ4n) is 2.54. The summed E-state index contributed by atoms with van der Waals surface area (Å²) in [7, 11) is -3.73. The van der Waals surface area contributed by atoms with Crippen LogP contribution in [0.4, 0.5) is 5.69 Å². The molecule has 0 bridgehead atoms. The Morgan fingerprint density at radius 2 is 1.28 bits per heavy atom. The molecule has 0 fully saturated rings. The van der Waals surface area contributed by atoms with Crippen LogP contribution in [0.3, 0.4) is 0 Å². The number of anilines is 1. The van der Waals surface area contributed by atoms with E-state index in [1.165, 1.54) is 0 Å². The highest BCUT2D eigenvalue weighted by molar-refractivity contribution is 7.63. The molecule has 0 spiro atoms. The van der Waals surface area contributed by atoms with Crippen molar-refractivity contribution >= 4 is 18.6 Å². The van der Waals surface area contributed by atoms with E-state index >= 15 is 0 Å². The van der Waals surface area contributed by atoms with Crippen LogP contribution >= 0.6 is 7.60 Å². The van der Waals surface area contributed by atoms with Gasteiger partial charge in [-0.25, -0.2) is 4.57 Å². The number of hydrogen-bond acceptors (Lipinski definition) is 4. The fourth-order valence-corrected chi connectivity index (χ4v) is 4.41. The molecule has 3 aromatic carbocycles. The van der Waals surface area contributed by atoms with Gasteiger partial charge in [-0.15, -0.1) is 0 Å². The molecule has 0 aliphatic rings. The van der Waals surface area contributed by atoms with Crippen LogP contribution in [0.2, 0.25) is 0 Å². The molecular formula is C20H20NO3P. The van der Waals surface area contributed by atoms with Crippen LogP contribution in [-0.4, -0.2) is 0 Å². The molecule has 128 valence electrons. The minimum Gasteiger partial charge on any atom is -0.413 e. The van der Waals surface area contributed by atoms with Gasteiger partial charge in [-0.05, 0) is 55.3 Å². The van der Waals surface area contributed by atoms with Gasteiger partial charge in [0.2, 0.25) is 0 Å². The van der Waals surface area contributed by atoms with Crippen LogP contribution in [0.25, 0.3) is 0 Å². The number of rotatable bonds is 5. The highest BCUT2D eigenvalue weighted by Crippen LogP contribution is 2.49. The number of para-hydroxylation sites is 2. The SMILES string of the molecule is Cc1cc(C)c(N)c(P(=O)(Oc2ccccc2)Oc2ccccc2)c1. The van der Waals surface area contributed by atoms with Gasteiger partial charge in [-0.1, -0.05) is 42.5 Å². The molecule has 0 aromatic heterocycles. The summed E-state index contributed by atoms with van der Waals surface area (Å²) in [5.74, 6) is 0.917. The van der Waals surface area contributed by atoms with E-state index in [-0.39, 0.29) is 0 Å². The molecule has 0 amide bonds. The number of nitrogen functional groups attached to an aromatic ring is 1. The lowest BCUT2D eigenvalue weighted by Crippen LogP contribution is -2.20. The Morgan fingerprint density at radius 1 is 0.800 bits per heavy atom. The molecule has 25 heavy (non-hydrogen) atoms. The first-order valence-electron chi connectivity index (χ1n) is 7.94. The van der Waals surface area contributed by atoms with E-state index in [0.29, 0.717) is 22.5 Å². The summed E-state index contributed by atoms with van der Waals surface area (Å²) in [4.78, 5) is 0. The second-order valence-corrected chi connectivity index (χ2v) is 7.66. The smallest absolute Gasteiger partial charge is 0.413 e. The largest absolute Gasteiger partial charge is 0.464 e. The summed E-state index contributed by atoms with van der Waals surface area (Å²) in [6.45, 7) is 3.80. The fraction of sp³-hybridized carbons (Fsp3) is 0.100. The normalized spacial score (nSPS) is 11.1. The zero-order chi connectivity index (χ0) is 17.9. The van der Waals surface area contributed by atoms with E-state index in [0.717, 1.165) is 11.1 Å². The summed E-state index contributed by atoms with van der Waals surface area (Å²) in [6, 6.07) is 21.6. The Morgan fingerprint density at radius 3 is 1.76 bits per heavy atom. The van der Waals surface area contributed by atoms with Crippen molar-refractivity contribution in [3.8, 4) is 11.5 Å². The highest BCUT2D eigenvalue weighted by atomic mass is 31.2. The van der Waals surface area contributed by atoms with Gasteiger partial charge in [0.05, 0.1) is 5.69 Å². The van der Waals surface area contributed by atoms with Gasteiger partial charge in [0, 0.05) is 0 Å². The molecular weight excluding hydrogens is 333 g/mol. The molecule has 0 aliphatic heterocycles. The van der Waals surface area contributed by atoms with Crippen molar-refractivity contribution in [2.75, 3.05) is 5.73 Å². The Kier molecular flexibility index (Phi) is 4.82. The first kappa shape index (κ1) is 17.1. The lowest BCUT2D eigenvalue weighted by molar-refractivity contribution is 0.399. The quantitative estimate of drug-likeness (QED) is 0.525. The van der Waals surface area contributed by atoms with Gasteiger partial charge in [0.15, 0.2) is 0 Å². The molecule has 3 rings (SSSR count). The van der Waals surface area contributed by atoms with E-state index in [1.807, 2.05) is 56.3 Å². The topological polar surface area (TPSA) is 61.6 Å². The molecule has 4 nitrogen and oxygen atoms in total. The van der Waals surface area contributed by atoms with Gasteiger partial charge in [-0.3, -0.25) is 0 Å². The maximum Gasteiger partial charge on any atom is 0.464 e. The molecule has 0 unspecified atom stereocenters. The van der Waals surface area contributed by atoms with Gasteiger partial charge in [-0.2, -0.15) is 0 Å². The predicted molar refractivity (Wildman–Crippen MR) is 102 cm³/mol. The second-order valence-electron chi connectivity index (χ2n) is 5.82. The molecule has 0 aliphatic carbocycles. The van der Waals surface area contributed by atoms with Gasteiger partial charge in [0.25, 0.3) is 0 Å². The average molecular weight is 353 g/mol. The molecule has 2 N–H and O–H groups in total. The average Bonchev–Trinajstić information content (AvgIpc) is 2.59. The lowest BCUT2D eigenvalue weighted by Gasteiger charge is -2.22. The summed E-state index contributed by atoms with van der Waals surface area (Å²) < 4.78 is 25.4. The number of hydrogen-bond donors (Lipinski definition) is 1. The zero-order valence-corrected chi connectivity index (χ0v) is 15.1. The molecule has 5 heteroatoms. The summed E-state index contributed by atoms with van der Waals surface area (Å²) in [5.41, 5.74) is 8.41. The van der Waals surface area contributed by atoms with Crippen LogP contribution in [0, 0.1) is 13.8 Å². The predicted octanol–water partition coefficient (Wildman–Crippen LogP) is 4.86. The summed E-state index contributed by atoms with van der Waals surface area (Å²) in [5, 5.41) is 0.373. The van der Waals surface area contributed by atoms with Crippen LogP contribution in [0.5, 0.6) is 11.5 Å². The maximum absolute atomic E-state index is 13.8. The van der Waals surface area contributed by atoms with Crippen molar-refractivity contribution in [3.63, 3.8) is 0 Å². The summed E-state index contributed by atoms with van der Waals surface area (Å²) in [6.07, 6.45) is 0. The van der Waals surface area contributed by atoms with Crippen molar-refractivity contribution < 1.29 is 13.6 Å². The van der Waals surface area contributed by atoms with Gasteiger partial charge < -0.3 is 14.8 Å². The molecule has 0 saturated carbocycles. The third-order valence-electron chi connectivity index (χ3n) is 3.74. The summed E-state index contributed by atoms with van der Waals surface area (Å²) >= 11 is 0. The third kappa shape index (κ3) is 3.86. The molecule has 0 atom stereocenters. The minimum atomic E-state index is -3.73. The molecule has 3 aromatic rings. The van der Waals surface area contributed by atoms with Gasteiger partial charge in [0.1, 0.15) is 16.8 Å². The standard InChI is InChI=1S/C20H20NO3P/c1-15-13-16(2)20(21)19(14-15)25(22,23-17-9-5-3-6-10-17)24-18-11-7-4-8-12-18/h3-14H,21H2,1-2H3. The lowest BCUT2D eigenvalue weighted by atomic mass is 10.1. The Labute approximate surface area is 147 Å². The van der Waals surface area contributed by atoms with Crippen LogP contribution in [0.15, 0.2) is 72.8 Å². The molecule has 0 heterocycles. The maximum atomic E-state index is 13.8. The van der Waals surface area contributed by atoms with E-state index in [9.17, 15) is 4.57 Å². The van der Waals surface area contributed by atoms with E-state index in [1.54, 1.807) is 30.3 Å². The number of nitrogens with two attached hydrogens (primary N) is 1. The number of benzene rings is 3. The van der Waals surface area contributed by atoms with Crippen LogP contribution in [0.1, 0.15) is 11.1 Å². The minimum absolute atomic E-state index is 0.373. The Balaban J connectivity index is 2.10. The highest BCUT2D eigenvalue weighted by Gasteiger charge is 2.34. The Hall–Kier alpha value is -2.71. The first-order valence-corrected chi connectivity index (χ1v) is 9.49. The number of aryl methyl sites for hydroxylation is 2. The van der Waals surface area contributed by atoms with Crippen molar-refractivity contribution in [2.45, 2.75) is 13.8 Å². The Bertz CT molecular complexity index is 865. The van der Waals surface area contributed by atoms with Crippen LogP contribution < -0.4 is 20.1 Å². The zero-order valence-electron chi connectivity index (χ0n) is 14.2. The van der Waals surface area contributed by atoms with Crippen molar-refractivity contribution in [3.05, 3.63) is 83.9 Å².